The van der Waals surface area contributed by atoms with Crippen molar-refractivity contribution in [1.82, 2.24) is 5.32 Å². The lowest BCUT2D eigenvalue weighted by Gasteiger charge is -2.21. The van der Waals surface area contributed by atoms with Crippen LogP contribution in [0.4, 0.5) is 0 Å². The van der Waals surface area contributed by atoms with E-state index in [1.54, 1.807) is 0 Å². The van der Waals surface area contributed by atoms with Crippen LogP contribution in [0.15, 0.2) is 0 Å². The molecule has 1 saturated heterocycles. The summed E-state index contributed by atoms with van der Waals surface area (Å²) in [5.74, 6) is 2.04. The molecule has 3 heteroatoms. The Labute approximate surface area is 85.1 Å². The van der Waals surface area contributed by atoms with Crippen molar-refractivity contribution in [2.75, 3.05) is 26.4 Å². The summed E-state index contributed by atoms with van der Waals surface area (Å²) in [4.78, 5) is 0. The minimum absolute atomic E-state index is 0.432. The van der Waals surface area contributed by atoms with Crippen LogP contribution in [0, 0.1) is 11.8 Å². The van der Waals surface area contributed by atoms with Gasteiger partial charge in [-0.3, -0.25) is 0 Å². The van der Waals surface area contributed by atoms with Gasteiger partial charge in [-0.2, -0.15) is 0 Å². The van der Waals surface area contributed by atoms with Crippen molar-refractivity contribution >= 4 is 0 Å². The van der Waals surface area contributed by atoms with Crippen molar-refractivity contribution < 1.29 is 9.47 Å². The van der Waals surface area contributed by atoms with E-state index < -0.39 is 0 Å². The maximum atomic E-state index is 5.48. The molecule has 80 valence electrons. The smallest absolute Gasteiger partial charge is 0.0701 e. The minimum Gasteiger partial charge on any atom is -0.377 e. The van der Waals surface area contributed by atoms with Crippen LogP contribution in [0.5, 0.6) is 0 Å². The molecule has 0 bridgehead atoms. The Bertz CT molecular complexity index is 201. The molecular weight excluding hydrogens is 178 g/mol. The molecule has 3 aliphatic rings. The molecule has 1 unspecified atom stereocenters. The van der Waals surface area contributed by atoms with Crippen LogP contribution in [0.1, 0.15) is 19.3 Å². The summed E-state index contributed by atoms with van der Waals surface area (Å²) in [5, 5.41) is 3.70. The number of fused-ring (bicyclic) bond motifs is 1. The second kappa shape index (κ2) is 3.80. The average molecular weight is 197 g/mol. The average Bonchev–Trinajstić information content (AvgIpc) is 2.91. The number of nitrogens with one attached hydrogen (secondary N) is 1. The highest BCUT2D eigenvalue weighted by Gasteiger charge is 2.48. The van der Waals surface area contributed by atoms with Gasteiger partial charge in [0, 0.05) is 6.04 Å². The molecule has 2 aliphatic carbocycles. The first-order valence-electron chi connectivity index (χ1n) is 5.85. The van der Waals surface area contributed by atoms with Gasteiger partial charge in [-0.05, 0) is 31.1 Å². The predicted molar refractivity (Wildman–Crippen MR) is 53.2 cm³/mol. The zero-order valence-corrected chi connectivity index (χ0v) is 8.58. The molecule has 3 nitrogen and oxygen atoms in total. The van der Waals surface area contributed by atoms with Crippen LogP contribution >= 0.6 is 0 Å². The molecule has 3 atom stereocenters. The molecular formula is C11H19NO2. The highest BCUT2D eigenvalue weighted by Crippen LogP contribution is 2.51. The fourth-order valence-electron chi connectivity index (χ4n) is 2.93. The Morgan fingerprint density at radius 3 is 2.36 bits per heavy atom. The Hall–Kier alpha value is -0.120. The lowest BCUT2D eigenvalue weighted by atomic mass is 10.1. The van der Waals surface area contributed by atoms with Crippen LogP contribution in [0.3, 0.4) is 0 Å². The van der Waals surface area contributed by atoms with Crippen LogP contribution in [-0.2, 0) is 9.47 Å². The van der Waals surface area contributed by atoms with Gasteiger partial charge in [0.1, 0.15) is 0 Å². The van der Waals surface area contributed by atoms with E-state index in [0.29, 0.717) is 6.04 Å². The molecule has 14 heavy (non-hydrogen) atoms. The molecule has 0 aromatic heterocycles. The van der Waals surface area contributed by atoms with Gasteiger partial charge in [0.2, 0.25) is 0 Å². The SMILES string of the molecule is C1COCC(NC2CC[C@H]3C[C@@H]23)CO1. The molecule has 1 aliphatic heterocycles. The summed E-state index contributed by atoms with van der Waals surface area (Å²) in [6.07, 6.45) is 4.27. The summed E-state index contributed by atoms with van der Waals surface area (Å²) < 4.78 is 11.0. The van der Waals surface area contributed by atoms with Gasteiger partial charge < -0.3 is 14.8 Å². The van der Waals surface area contributed by atoms with E-state index in [0.717, 1.165) is 44.3 Å². The third kappa shape index (κ3) is 1.81. The number of ether oxygens (including phenoxy) is 2. The van der Waals surface area contributed by atoms with E-state index in [4.69, 9.17) is 9.47 Å². The molecule has 0 amide bonds. The fourth-order valence-corrected chi connectivity index (χ4v) is 2.93. The monoisotopic (exact) mass is 197 g/mol. The Balaban J connectivity index is 1.50. The Morgan fingerprint density at radius 2 is 1.79 bits per heavy atom. The molecule has 1 heterocycles. The lowest BCUT2D eigenvalue weighted by Crippen LogP contribution is -2.43. The van der Waals surface area contributed by atoms with Gasteiger partial charge in [0.05, 0.1) is 32.5 Å². The zero-order chi connectivity index (χ0) is 9.38. The maximum absolute atomic E-state index is 5.48. The van der Waals surface area contributed by atoms with Crippen LogP contribution < -0.4 is 5.32 Å². The summed E-state index contributed by atoms with van der Waals surface area (Å²) >= 11 is 0. The van der Waals surface area contributed by atoms with Crippen molar-refractivity contribution in [2.45, 2.75) is 31.3 Å². The van der Waals surface area contributed by atoms with Crippen molar-refractivity contribution in [3.8, 4) is 0 Å². The van der Waals surface area contributed by atoms with Gasteiger partial charge in [-0.25, -0.2) is 0 Å². The van der Waals surface area contributed by atoms with Crippen molar-refractivity contribution in [3.63, 3.8) is 0 Å². The molecule has 0 aromatic rings. The summed E-state index contributed by atoms with van der Waals surface area (Å²) in [7, 11) is 0. The van der Waals surface area contributed by atoms with E-state index in [9.17, 15) is 0 Å². The molecule has 3 fully saturated rings. The highest BCUT2D eigenvalue weighted by molar-refractivity contribution is 5.02. The van der Waals surface area contributed by atoms with E-state index in [1.165, 1.54) is 19.3 Å². The van der Waals surface area contributed by atoms with E-state index >= 15 is 0 Å². The number of hydrogen-bond donors (Lipinski definition) is 1. The molecule has 2 saturated carbocycles. The fraction of sp³-hybridized carbons (Fsp3) is 1.00. The van der Waals surface area contributed by atoms with Gasteiger partial charge in [-0.1, -0.05) is 0 Å². The normalized spacial score (nSPS) is 43.3. The number of hydrogen-bond acceptors (Lipinski definition) is 3. The van der Waals surface area contributed by atoms with E-state index in [2.05, 4.69) is 5.32 Å². The second-order valence-corrected chi connectivity index (χ2v) is 4.86. The van der Waals surface area contributed by atoms with Crippen molar-refractivity contribution in [2.24, 2.45) is 11.8 Å². The molecule has 0 spiro atoms. The van der Waals surface area contributed by atoms with Crippen LogP contribution in [0.2, 0.25) is 0 Å². The topological polar surface area (TPSA) is 30.5 Å². The van der Waals surface area contributed by atoms with Gasteiger partial charge in [0.15, 0.2) is 0 Å². The molecule has 0 radical (unpaired) electrons. The lowest BCUT2D eigenvalue weighted by molar-refractivity contribution is 0.103. The van der Waals surface area contributed by atoms with Gasteiger partial charge in [0.25, 0.3) is 0 Å². The highest BCUT2D eigenvalue weighted by atomic mass is 16.5. The summed E-state index contributed by atoms with van der Waals surface area (Å²) in [5.41, 5.74) is 0. The van der Waals surface area contributed by atoms with E-state index in [1.807, 2.05) is 0 Å². The van der Waals surface area contributed by atoms with Crippen LogP contribution in [-0.4, -0.2) is 38.5 Å². The molecule has 3 rings (SSSR count). The van der Waals surface area contributed by atoms with Crippen molar-refractivity contribution in [3.05, 3.63) is 0 Å². The first kappa shape index (κ1) is 9.13. The predicted octanol–water partition coefficient (Wildman–Crippen LogP) is 0.790. The largest absolute Gasteiger partial charge is 0.377 e. The third-order valence-electron chi connectivity index (χ3n) is 3.80. The Morgan fingerprint density at radius 1 is 1.00 bits per heavy atom. The van der Waals surface area contributed by atoms with Gasteiger partial charge in [-0.15, -0.1) is 0 Å². The summed E-state index contributed by atoms with van der Waals surface area (Å²) in [6.45, 7) is 3.17. The second-order valence-electron chi connectivity index (χ2n) is 4.86. The quantitative estimate of drug-likeness (QED) is 0.710. The minimum atomic E-state index is 0.432. The molecule has 1 N–H and O–H groups in total. The van der Waals surface area contributed by atoms with E-state index in [-0.39, 0.29) is 0 Å². The Kier molecular flexibility index (Phi) is 2.48. The number of rotatable bonds is 2. The molecule has 0 aromatic carbocycles. The third-order valence-corrected chi connectivity index (χ3v) is 3.80. The maximum Gasteiger partial charge on any atom is 0.0701 e. The summed E-state index contributed by atoms with van der Waals surface area (Å²) in [6, 6.07) is 1.19. The first-order chi connectivity index (χ1) is 6.93. The van der Waals surface area contributed by atoms with Crippen molar-refractivity contribution in [1.29, 1.82) is 0 Å². The first-order valence-corrected chi connectivity index (χ1v) is 5.85. The van der Waals surface area contributed by atoms with Gasteiger partial charge >= 0.3 is 0 Å². The zero-order valence-electron chi connectivity index (χ0n) is 8.58. The standard InChI is InChI=1S/C11H19NO2/c1-2-11(10-5-8(1)10)12-9-6-13-3-4-14-7-9/h8-12H,1-7H2/t8-,10+,11?/m0/s1. The van der Waals surface area contributed by atoms with Crippen LogP contribution in [0.25, 0.3) is 0 Å².